The van der Waals surface area contributed by atoms with Crippen LogP contribution in [0.3, 0.4) is 0 Å². The van der Waals surface area contributed by atoms with E-state index in [0.717, 1.165) is 0 Å². The van der Waals surface area contributed by atoms with Gasteiger partial charge in [-0.1, -0.05) is 0 Å². The molecule has 0 aliphatic heterocycles. The molecule has 2 rings (SSSR count). The normalized spacial score (nSPS) is 11.8. The molecular weight excluding hydrogens is 339 g/mol. The fourth-order valence-corrected chi connectivity index (χ4v) is 2.23. The van der Waals surface area contributed by atoms with Crippen molar-refractivity contribution in [2.45, 2.75) is 13.0 Å². The van der Waals surface area contributed by atoms with Gasteiger partial charge < -0.3 is 14.2 Å². The van der Waals surface area contributed by atoms with Crippen molar-refractivity contribution >= 4 is 17.8 Å². The summed E-state index contributed by atoms with van der Waals surface area (Å²) >= 11 is 0. The topological polar surface area (TPSA) is 61.8 Å². The first-order valence-corrected chi connectivity index (χ1v) is 7.85. The lowest BCUT2D eigenvalue weighted by Crippen LogP contribution is -2.23. The van der Waals surface area contributed by atoms with Crippen LogP contribution in [0.2, 0.25) is 0 Å². The van der Waals surface area contributed by atoms with Gasteiger partial charge in [0.05, 0.1) is 14.2 Å². The van der Waals surface area contributed by atoms with Crippen LogP contribution >= 0.6 is 0 Å². The molecule has 0 bridgehead atoms. The minimum absolute atomic E-state index is 0.271. The van der Waals surface area contributed by atoms with Crippen LogP contribution in [0, 0.1) is 5.82 Å². The molecule has 26 heavy (non-hydrogen) atoms. The molecule has 0 saturated heterocycles. The van der Waals surface area contributed by atoms with E-state index < -0.39 is 23.7 Å². The lowest BCUT2D eigenvalue weighted by Gasteiger charge is -2.11. The number of hydrogen-bond acceptors (Lipinski definition) is 5. The molecule has 136 valence electrons. The van der Waals surface area contributed by atoms with Gasteiger partial charge in [0.15, 0.2) is 6.10 Å². The molecular formula is C20H19FO5. The van der Waals surface area contributed by atoms with Crippen LogP contribution in [-0.4, -0.2) is 32.1 Å². The Morgan fingerprint density at radius 3 is 2.35 bits per heavy atom. The number of rotatable bonds is 7. The lowest BCUT2D eigenvalue weighted by atomic mass is 10.1. The molecule has 2 aromatic carbocycles. The van der Waals surface area contributed by atoms with Gasteiger partial charge in [-0.15, -0.1) is 0 Å². The Morgan fingerprint density at radius 2 is 1.73 bits per heavy atom. The average molecular weight is 358 g/mol. The molecule has 1 atom stereocenters. The third-order valence-electron chi connectivity index (χ3n) is 3.63. The summed E-state index contributed by atoms with van der Waals surface area (Å²) in [6.45, 7) is 1.46. The Hall–Kier alpha value is -3.15. The second-order valence-corrected chi connectivity index (χ2v) is 5.39. The number of benzene rings is 2. The molecule has 0 N–H and O–H groups in total. The zero-order valence-electron chi connectivity index (χ0n) is 14.7. The maximum absolute atomic E-state index is 12.9. The molecule has 0 spiro atoms. The smallest absolute Gasteiger partial charge is 0.331 e. The third-order valence-corrected chi connectivity index (χ3v) is 3.63. The number of carbonyl (C=O) groups excluding carboxylic acids is 2. The minimum atomic E-state index is -0.990. The van der Waals surface area contributed by atoms with Gasteiger partial charge >= 0.3 is 5.97 Å². The summed E-state index contributed by atoms with van der Waals surface area (Å²) in [6, 6.07) is 10.2. The Balaban J connectivity index is 2.02. The molecule has 5 nitrogen and oxygen atoms in total. The summed E-state index contributed by atoms with van der Waals surface area (Å²) in [5, 5.41) is 0. The number of carbonyl (C=O) groups is 2. The van der Waals surface area contributed by atoms with Gasteiger partial charge in [-0.2, -0.15) is 0 Å². The van der Waals surface area contributed by atoms with E-state index in [1.54, 1.807) is 25.3 Å². The van der Waals surface area contributed by atoms with Crippen LogP contribution in [0.5, 0.6) is 11.5 Å². The van der Waals surface area contributed by atoms with E-state index in [-0.39, 0.29) is 5.56 Å². The predicted molar refractivity (Wildman–Crippen MR) is 94.9 cm³/mol. The molecule has 0 fully saturated rings. The number of ether oxygens (including phenoxy) is 3. The molecule has 0 saturated carbocycles. The zero-order valence-corrected chi connectivity index (χ0v) is 14.7. The Kier molecular flexibility index (Phi) is 6.49. The summed E-state index contributed by atoms with van der Waals surface area (Å²) in [5.41, 5.74) is 0.926. The van der Waals surface area contributed by atoms with E-state index in [4.69, 9.17) is 14.2 Å². The summed E-state index contributed by atoms with van der Waals surface area (Å²) in [7, 11) is 3.05. The van der Waals surface area contributed by atoms with Crippen molar-refractivity contribution in [3.8, 4) is 11.5 Å². The summed E-state index contributed by atoms with van der Waals surface area (Å²) in [5.74, 6) is -0.369. The maximum atomic E-state index is 12.9. The highest BCUT2D eigenvalue weighted by atomic mass is 19.1. The zero-order chi connectivity index (χ0) is 19.1. The highest BCUT2D eigenvalue weighted by Crippen LogP contribution is 2.25. The standard InChI is InChI=1S/C20H19FO5/c1-13(20(23)15-4-8-16(21)9-5-15)26-19(22)11-7-14-6-10-17(24-2)12-18(14)25-3/h4-13H,1-3H3/b11-7+/t13-/m0/s1. The number of halogens is 1. The molecule has 2 aromatic rings. The fourth-order valence-electron chi connectivity index (χ4n) is 2.23. The van der Waals surface area contributed by atoms with Crippen molar-refractivity contribution in [2.75, 3.05) is 14.2 Å². The quantitative estimate of drug-likeness (QED) is 0.429. The number of ketones is 1. The molecule has 0 radical (unpaired) electrons. The van der Waals surface area contributed by atoms with Gasteiger partial charge in [0, 0.05) is 23.3 Å². The van der Waals surface area contributed by atoms with Crippen LogP contribution in [-0.2, 0) is 9.53 Å². The predicted octanol–water partition coefficient (Wildman–Crippen LogP) is 3.67. The minimum Gasteiger partial charge on any atom is -0.497 e. The van der Waals surface area contributed by atoms with E-state index in [0.29, 0.717) is 17.1 Å². The second kappa shape index (κ2) is 8.80. The van der Waals surface area contributed by atoms with Gasteiger partial charge in [0.2, 0.25) is 5.78 Å². The van der Waals surface area contributed by atoms with E-state index in [2.05, 4.69) is 0 Å². The third kappa shape index (κ3) is 4.92. The highest BCUT2D eigenvalue weighted by molar-refractivity contribution is 6.01. The van der Waals surface area contributed by atoms with Crippen molar-refractivity contribution < 1.29 is 28.2 Å². The number of Topliss-reactive ketones (excluding diaryl/α,β-unsaturated/α-hetero) is 1. The van der Waals surface area contributed by atoms with Gasteiger partial charge in [-0.25, -0.2) is 9.18 Å². The number of methoxy groups -OCH3 is 2. The van der Waals surface area contributed by atoms with Gasteiger partial charge in [0.1, 0.15) is 17.3 Å². The summed E-state index contributed by atoms with van der Waals surface area (Å²) in [4.78, 5) is 24.1. The fraction of sp³-hybridized carbons (Fsp3) is 0.200. The van der Waals surface area contributed by atoms with Gasteiger partial charge in [0.25, 0.3) is 0 Å². The average Bonchev–Trinajstić information content (AvgIpc) is 2.66. The van der Waals surface area contributed by atoms with Crippen LogP contribution in [0.4, 0.5) is 4.39 Å². The van der Waals surface area contributed by atoms with E-state index in [1.807, 2.05) is 0 Å². The van der Waals surface area contributed by atoms with Crippen molar-refractivity contribution in [3.05, 3.63) is 65.5 Å². The van der Waals surface area contributed by atoms with Crippen molar-refractivity contribution in [1.82, 2.24) is 0 Å². The van der Waals surface area contributed by atoms with Crippen molar-refractivity contribution in [1.29, 1.82) is 0 Å². The monoisotopic (exact) mass is 358 g/mol. The highest BCUT2D eigenvalue weighted by Gasteiger charge is 2.18. The molecule has 0 amide bonds. The number of esters is 1. The maximum Gasteiger partial charge on any atom is 0.331 e. The molecule has 0 aliphatic rings. The molecule has 0 heterocycles. The van der Waals surface area contributed by atoms with Crippen molar-refractivity contribution in [3.63, 3.8) is 0 Å². The SMILES string of the molecule is COc1ccc(/C=C/C(=O)O[C@@H](C)C(=O)c2ccc(F)cc2)c(OC)c1. The Morgan fingerprint density at radius 1 is 1.04 bits per heavy atom. The second-order valence-electron chi connectivity index (χ2n) is 5.39. The van der Waals surface area contributed by atoms with Gasteiger partial charge in [-0.05, 0) is 49.4 Å². The van der Waals surface area contributed by atoms with E-state index >= 15 is 0 Å². The van der Waals surface area contributed by atoms with Gasteiger partial charge in [-0.3, -0.25) is 4.79 Å². The molecule has 0 unspecified atom stereocenters. The first-order valence-electron chi connectivity index (χ1n) is 7.85. The first-order chi connectivity index (χ1) is 12.4. The summed E-state index contributed by atoms with van der Waals surface area (Å²) < 4.78 is 28.4. The molecule has 0 aromatic heterocycles. The van der Waals surface area contributed by atoms with Crippen molar-refractivity contribution in [2.24, 2.45) is 0 Å². The molecule has 6 heteroatoms. The largest absolute Gasteiger partial charge is 0.497 e. The van der Waals surface area contributed by atoms with Crippen LogP contribution < -0.4 is 9.47 Å². The molecule has 0 aliphatic carbocycles. The number of hydrogen-bond donors (Lipinski definition) is 0. The van der Waals surface area contributed by atoms with Crippen LogP contribution in [0.15, 0.2) is 48.5 Å². The lowest BCUT2D eigenvalue weighted by molar-refractivity contribution is -0.140. The van der Waals surface area contributed by atoms with Crippen LogP contribution in [0.25, 0.3) is 6.08 Å². The summed E-state index contributed by atoms with van der Waals surface area (Å²) in [6.07, 6.45) is 1.74. The van der Waals surface area contributed by atoms with Crippen LogP contribution in [0.1, 0.15) is 22.8 Å². The van der Waals surface area contributed by atoms with E-state index in [1.165, 1.54) is 50.5 Å². The first kappa shape index (κ1) is 19.2. The van der Waals surface area contributed by atoms with E-state index in [9.17, 15) is 14.0 Å². The Bertz CT molecular complexity index is 811. The Labute approximate surface area is 151 Å².